The van der Waals surface area contributed by atoms with Crippen LogP contribution in [0.4, 0.5) is 0 Å². The third-order valence-corrected chi connectivity index (χ3v) is 4.38. The molecule has 0 bridgehead atoms. The zero-order valence-electron chi connectivity index (χ0n) is 12.2. The van der Waals surface area contributed by atoms with Gasteiger partial charge in [0.15, 0.2) is 0 Å². The molecule has 3 nitrogen and oxygen atoms in total. The lowest BCUT2D eigenvalue weighted by Crippen LogP contribution is -2.41. The molecule has 1 N–H and O–H groups in total. The average molecular weight is 253 g/mol. The Morgan fingerprint density at radius 1 is 1.39 bits per heavy atom. The lowest BCUT2D eigenvalue weighted by atomic mass is 9.65. The van der Waals surface area contributed by atoms with Crippen molar-refractivity contribution in [2.45, 2.75) is 59.0 Å². The van der Waals surface area contributed by atoms with Crippen molar-refractivity contribution in [3.05, 3.63) is 0 Å². The quantitative estimate of drug-likeness (QED) is 0.730. The van der Waals surface area contributed by atoms with Gasteiger partial charge in [0.25, 0.3) is 0 Å². The van der Waals surface area contributed by atoms with Crippen LogP contribution >= 0.6 is 0 Å². The first-order valence-corrected chi connectivity index (χ1v) is 7.26. The summed E-state index contributed by atoms with van der Waals surface area (Å²) in [5.41, 5.74) is -0.207. The molecule has 1 aliphatic carbocycles. The topological polar surface area (TPSA) is 38.3 Å². The smallest absolute Gasteiger partial charge is 0.311 e. The number of hydrogen-bond acceptors (Lipinski definition) is 3. The van der Waals surface area contributed by atoms with E-state index in [0.717, 1.165) is 19.0 Å². The van der Waals surface area contributed by atoms with Gasteiger partial charge >= 0.3 is 5.97 Å². The van der Waals surface area contributed by atoms with Crippen molar-refractivity contribution in [2.75, 3.05) is 13.1 Å². The van der Waals surface area contributed by atoms with Gasteiger partial charge < -0.3 is 10.1 Å². The number of esters is 1. The van der Waals surface area contributed by atoms with E-state index in [-0.39, 0.29) is 22.9 Å². The van der Waals surface area contributed by atoms with Crippen LogP contribution in [0.3, 0.4) is 0 Å². The number of hydrogen-bond donors (Lipinski definition) is 1. The summed E-state index contributed by atoms with van der Waals surface area (Å²) in [7, 11) is 0. The van der Waals surface area contributed by atoms with E-state index in [1.165, 1.54) is 25.7 Å². The predicted molar refractivity (Wildman–Crippen MR) is 72.3 cm³/mol. The molecule has 1 aliphatic heterocycles. The fraction of sp³-hybridized carbons (Fsp3) is 0.933. The molecule has 1 spiro atoms. The molecule has 0 aromatic rings. The summed E-state index contributed by atoms with van der Waals surface area (Å²) < 4.78 is 5.61. The molecule has 104 valence electrons. The van der Waals surface area contributed by atoms with Crippen LogP contribution in [0.2, 0.25) is 0 Å². The minimum Gasteiger partial charge on any atom is -0.460 e. The number of carbonyl (C=O) groups excluding carboxylic acids is 1. The number of carbonyl (C=O) groups is 1. The monoisotopic (exact) mass is 253 g/mol. The summed E-state index contributed by atoms with van der Waals surface area (Å²) in [5, 5.41) is 3.42. The minimum absolute atomic E-state index is 0.00148. The summed E-state index contributed by atoms with van der Waals surface area (Å²) in [4.78, 5) is 12.4. The van der Waals surface area contributed by atoms with Crippen molar-refractivity contribution in [3.8, 4) is 0 Å². The number of ether oxygens (including phenoxy) is 1. The van der Waals surface area contributed by atoms with Crippen molar-refractivity contribution < 1.29 is 9.53 Å². The Morgan fingerprint density at radius 2 is 2.11 bits per heavy atom. The molecule has 2 aliphatic rings. The highest BCUT2D eigenvalue weighted by atomic mass is 16.6. The second-order valence-electron chi connectivity index (χ2n) is 7.28. The third kappa shape index (κ3) is 2.87. The maximum absolute atomic E-state index is 12.4. The van der Waals surface area contributed by atoms with Crippen molar-refractivity contribution >= 4 is 5.97 Å². The molecule has 3 atom stereocenters. The van der Waals surface area contributed by atoms with E-state index in [2.05, 4.69) is 12.2 Å². The molecule has 2 rings (SSSR count). The van der Waals surface area contributed by atoms with Gasteiger partial charge in [-0.15, -0.1) is 0 Å². The Bertz CT molecular complexity index is 321. The van der Waals surface area contributed by atoms with Gasteiger partial charge in [-0.3, -0.25) is 4.79 Å². The van der Waals surface area contributed by atoms with Crippen LogP contribution < -0.4 is 5.32 Å². The molecule has 18 heavy (non-hydrogen) atoms. The summed E-state index contributed by atoms with van der Waals surface area (Å²) in [6, 6.07) is 0. The Kier molecular flexibility index (Phi) is 3.72. The summed E-state index contributed by atoms with van der Waals surface area (Å²) in [5.74, 6) is 0.796. The highest BCUT2D eigenvalue weighted by molar-refractivity contribution is 5.74. The number of rotatable bonds is 1. The van der Waals surface area contributed by atoms with Crippen molar-refractivity contribution in [1.82, 2.24) is 5.32 Å². The largest absolute Gasteiger partial charge is 0.460 e. The van der Waals surface area contributed by atoms with E-state index in [4.69, 9.17) is 4.74 Å². The standard InChI is InChI=1S/C15H27NO2/c1-11-6-5-7-15(8-11)10-16-9-12(15)13(17)18-14(2,3)4/h11-12,16H,5-10H2,1-4H3. The summed E-state index contributed by atoms with van der Waals surface area (Å²) >= 11 is 0. The van der Waals surface area contributed by atoms with E-state index < -0.39 is 0 Å². The summed E-state index contributed by atoms with van der Waals surface area (Å²) in [6.07, 6.45) is 4.91. The average Bonchev–Trinajstić information content (AvgIpc) is 2.58. The van der Waals surface area contributed by atoms with Gasteiger partial charge in [-0.2, -0.15) is 0 Å². The van der Waals surface area contributed by atoms with E-state index >= 15 is 0 Å². The van der Waals surface area contributed by atoms with Crippen LogP contribution in [0, 0.1) is 17.3 Å². The first-order chi connectivity index (χ1) is 8.32. The van der Waals surface area contributed by atoms with Gasteiger partial charge in [0.1, 0.15) is 5.60 Å². The molecular formula is C15H27NO2. The normalized spacial score (nSPS) is 36.9. The molecule has 0 aromatic heterocycles. The molecule has 1 saturated heterocycles. The lowest BCUT2D eigenvalue weighted by Gasteiger charge is -2.40. The van der Waals surface area contributed by atoms with E-state index in [1.54, 1.807) is 0 Å². The van der Waals surface area contributed by atoms with Gasteiger partial charge in [0, 0.05) is 13.1 Å². The molecule has 0 aromatic carbocycles. The Hall–Kier alpha value is -0.570. The fourth-order valence-electron chi connectivity index (χ4n) is 3.69. The van der Waals surface area contributed by atoms with Gasteiger partial charge in [0.05, 0.1) is 5.92 Å². The van der Waals surface area contributed by atoms with Crippen LogP contribution in [0.5, 0.6) is 0 Å². The van der Waals surface area contributed by atoms with Gasteiger partial charge in [-0.05, 0) is 44.9 Å². The lowest BCUT2D eigenvalue weighted by molar-refractivity contribution is -0.164. The molecule has 1 saturated carbocycles. The van der Waals surface area contributed by atoms with Crippen LogP contribution in [0.1, 0.15) is 53.4 Å². The molecule has 3 heteroatoms. The predicted octanol–water partition coefficient (Wildman–Crippen LogP) is 2.74. The zero-order chi connectivity index (χ0) is 13.4. The number of nitrogens with one attached hydrogen (secondary N) is 1. The first-order valence-electron chi connectivity index (χ1n) is 7.26. The highest BCUT2D eigenvalue weighted by Gasteiger charge is 2.49. The Labute approximate surface area is 111 Å². The van der Waals surface area contributed by atoms with E-state index in [0.29, 0.717) is 0 Å². The third-order valence-electron chi connectivity index (χ3n) is 4.38. The van der Waals surface area contributed by atoms with Crippen LogP contribution in [-0.2, 0) is 9.53 Å². The van der Waals surface area contributed by atoms with Crippen LogP contribution in [0.15, 0.2) is 0 Å². The minimum atomic E-state index is -0.374. The van der Waals surface area contributed by atoms with Gasteiger partial charge in [0.2, 0.25) is 0 Å². The first kappa shape index (κ1) is 13.9. The molecule has 0 radical (unpaired) electrons. The van der Waals surface area contributed by atoms with Crippen molar-refractivity contribution in [3.63, 3.8) is 0 Å². The fourth-order valence-corrected chi connectivity index (χ4v) is 3.69. The molecule has 2 fully saturated rings. The molecule has 1 heterocycles. The maximum atomic E-state index is 12.4. The second-order valence-corrected chi connectivity index (χ2v) is 7.28. The van der Waals surface area contributed by atoms with Crippen LogP contribution in [0.25, 0.3) is 0 Å². The summed E-state index contributed by atoms with van der Waals surface area (Å²) in [6.45, 7) is 9.94. The SMILES string of the molecule is CC1CCCC2(CNCC2C(=O)OC(C)(C)C)C1. The molecular weight excluding hydrogens is 226 g/mol. The van der Waals surface area contributed by atoms with Gasteiger partial charge in [-0.1, -0.05) is 19.8 Å². The van der Waals surface area contributed by atoms with Crippen LogP contribution in [-0.4, -0.2) is 24.7 Å². The molecule has 3 unspecified atom stereocenters. The Balaban J connectivity index is 2.09. The Morgan fingerprint density at radius 3 is 2.72 bits per heavy atom. The van der Waals surface area contributed by atoms with E-state index in [9.17, 15) is 4.79 Å². The molecule has 0 amide bonds. The van der Waals surface area contributed by atoms with Crippen molar-refractivity contribution in [1.29, 1.82) is 0 Å². The van der Waals surface area contributed by atoms with Crippen molar-refractivity contribution in [2.24, 2.45) is 17.3 Å². The maximum Gasteiger partial charge on any atom is 0.311 e. The second kappa shape index (κ2) is 4.84. The zero-order valence-corrected chi connectivity index (χ0v) is 12.2. The van der Waals surface area contributed by atoms with E-state index in [1.807, 2.05) is 20.8 Å². The highest BCUT2D eigenvalue weighted by Crippen LogP contribution is 2.47. The van der Waals surface area contributed by atoms with Gasteiger partial charge in [-0.25, -0.2) is 0 Å².